The van der Waals surface area contributed by atoms with Crippen molar-refractivity contribution in [3.63, 3.8) is 0 Å². The summed E-state index contributed by atoms with van der Waals surface area (Å²) < 4.78 is 56.2. The van der Waals surface area contributed by atoms with Gasteiger partial charge >= 0.3 is 0 Å². The molecule has 0 unspecified atom stereocenters. The fourth-order valence-corrected chi connectivity index (χ4v) is 3.45. The van der Waals surface area contributed by atoms with Crippen LogP contribution in [-0.2, 0) is 28.6 Å². The molecule has 0 radical (unpaired) electrons. The zero-order valence-electron chi connectivity index (χ0n) is 13.1. The van der Waals surface area contributed by atoms with Crippen molar-refractivity contribution in [2.45, 2.75) is 38.2 Å². The van der Waals surface area contributed by atoms with Gasteiger partial charge in [0.15, 0.2) is 0 Å². The Morgan fingerprint density at radius 1 is 1.05 bits per heavy atom. The molecule has 0 aliphatic rings. The Labute approximate surface area is 132 Å². The van der Waals surface area contributed by atoms with E-state index in [0.29, 0.717) is 0 Å². The molecule has 126 valence electrons. The minimum atomic E-state index is -3.85. The van der Waals surface area contributed by atoms with Gasteiger partial charge in [-0.25, -0.2) is 0 Å². The quantitative estimate of drug-likeness (QED) is 0.667. The average Bonchev–Trinajstić information content (AvgIpc) is 2.36. The van der Waals surface area contributed by atoms with Gasteiger partial charge in [-0.2, -0.15) is 16.8 Å². The molecule has 1 rings (SSSR count). The molecule has 1 aromatic rings. The van der Waals surface area contributed by atoms with E-state index in [-0.39, 0.29) is 23.8 Å². The van der Waals surface area contributed by atoms with Gasteiger partial charge in [-0.3, -0.25) is 8.37 Å². The van der Waals surface area contributed by atoms with Crippen molar-refractivity contribution in [3.05, 3.63) is 29.8 Å². The van der Waals surface area contributed by atoms with Crippen LogP contribution in [0.1, 0.15) is 25.8 Å². The van der Waals surface area contributed by atoms with Gasteiger partial charge in [0, 0.05) is 6.42 Å². The lowest BCUT2D eigenvalue weighted by Crippen LogP contribution is -2.25. The normalized spacial score (nSPS) is 14.2. The Morgan fingerprint density at radius 2 is 1.59 bits per heavy atom. The van der Waals surface area contributed by atoms with E-state index in [1.807, 2.05) is 6.92 Å². The summed E-state index contributed by atoms with van der Waals surface area (Å²) in [5.74, 6) is -0.0830. The molecule has 0 saturated heterocycles. The fraction of sp³-hybridized carbons (Fsp3) is 0.571. The summed E-state index contributed by atoms with van der Waals surface area (Å²) in [7, 11) is -7.44. The first-order chi connectivity index (χ1) is 10.0. The zero-order valence-corrected chi connectivity index (χ0v) is 14.8. The van der Waals surface area contributed by atoms with Gasteiger partial charge in [-0.1, -0.05) is 31.5 Å². The molecule has 0 aromatic heterocycles. The minimum Gasteiger partial charge on any atom is -0.267 e. The van der Waals surface area contributed by atoms with Crippen LogP contribution in [0.2, 0.25) is 0 Å². The van der Waals surface area contributed by atoms with Crippen molar-refractivity contribution in [1.82, 2.24) is 0 Å². The zero-order chi connectivity index (χ0) is 17.0. The second-order valence-electron chi connectivity index (χ2n) is 5.46. The molecule has 0 aliphatic carbocycles. The highest BCUT2D eigenvalue weighted by Gasteiger charge is 2.21. The SMILES string of the molecule is Cc1ccc(S(=O)(=O)OCC[C@@H](OS(C)(=O)=O)C(C)C)cc1. The van der Waals surface area contributed by atoms with Crippen molar-refractivity contribution in [3.8, 4) is 0 Å². The molecule has 6 nitrogen and oxygen atoms in total. The monoisotopic (exact) mass is 350 g/mol. The number of aryl methyl sites for hydroxylation is 1. The molecular weight excluding hydrogens is 328 g/mol. The predicted molar refractivity (Wildman–Crippen MR) is 83.5 cm³/mol. The lowest BCUT2D eigenvalue weighted by molar-refractivity contribution is 0.130. The molecule has 0 aliphatic heterocycles. The molecule has 22 heavy (non-hydrogen) atoms. The van der Waals surface area contributed by atoms with Crippen LogP contribution < -0.4 is 0 Å². The maximum atomic E-state index is 12.0. The molecule has 1 aromatic carbocycles. The lowest BCUT2D eigenvalue weighted by atomic mass is 10.1. The molecule has 0 heterocycles. The number of hydrogen-bond acceptors (Lipinski definition) is 6. The summed E-state index contributed by atoms with van der Waals surface area (Å²) in [5, 5.41) is 0. The average molecular weight is 350 g/mol. The summed E-state index contributed by atoms with van der Waals surface area (Å²) in [5.41, 5.74) is 0.945. The Bertz CT molecular complexity index is 675. The van der Waals surface area contributed by atoms with Gasteiger partial charge in [-0.15, -0.1) is 0 Å². The molecule has 0 spiro atoms. The largest absolute Gasteiger partial charge is 0.296 e. The maximum absolute atomic E-state index is 12.0. The van der Waals surface area contributed by atoms with E-state index in [1.165, 1.54) is 12.1 Å². The van der Waals surface area contributed by atoms with Crippen LogP contribution >= 0.6 is 0 Å². The standard InChI is InChI=1S/C14H22O6S2/c1-11(2)14(20-21(4,15)16)9-10-19-22(17,18)13-7-5-12(3)6-8-13/h5-8,11,14H,9-10H2,1-4H3/t14-/m1/s1. The topological polar surface area (TPSA) is 86.7 Å². The Balaban J connectivity index is 2.66. The summed E-state index contributed by atoms with van der Waals surface area (Å²) >= 11 is 0. The van der Waals surface area contributed by atoms with E-state index in [1.54, 1.807) is 26.0 Å². The highest BCUT2D eigenvalue weighted by atomic mass is 32.2. The fourth-order valence-electron chi connectivity index (χ4n) is 1.76. The van der Waals surface area contributed by atoms with Crippen molar-refractivity contribution < 1.29 is 25.2 Å². The van der Waals surface area contributed by atoms with E-state index < -0.39 is 26.3 Å². The predicted octanol–water partition coefficient (Wildman–Crippen LogP) is 2.09. The molecule has 0 fully saturated rings. The van der Waals surface area contributed by atoms with Crippen LogP contribution in [0.5, 0.6) is 0 Å². The third-order valence-electron chi connectivity index (χ3n) is 2.99. The van der Waals surface area contributed by atoms with Crippen LogP contribution in [0.15, 0.2) is 29.2 Å². The van der Waals surface area contributed by atoms with E-state index in [9.17, 15) is 16.8 Å². The Hall–Kier alpha value is -0.960. The van der Waals surface area contributed by atoms with Crippen molar-refractivity contribution in [2.24, 2.45) is 5.92 Å². The smallest absolute Gasteiger partial charge is 0.267 e. The van der Waals surface area contributed by atoms with Crippen molar-refractivity contribution in [1.29, 1.82) is 0 Å². The van der Waals surface area contributed by atoms with Gasteiger partial charge in [0.05, 0.1) is 23.9 Å². The number of hydrogen-bond donors (Lipinski definition) is 0. The molecule has 0 saturated carbocycles. The van der Waals surface area contributed by atoms with Gasteiger partial charge in [0.1, 0.15) is 0 Å². The minimum absolute atomic E-state index is 0.0724. The van der Waals surface area contributed by atoms with Crippen LogP contribution in [0.4, 0.5) is 0 Å². The van der Waals surface area contributed by atoms with Crippen LogP contribution in [0.3, 0.4) is 0 Å². The van der Waals surface area contributed by atoms with E-state index in [4.69, 9.17) is 8.37 Å². The van der Waals surface area contributed by atoms with E-state index in [2.05, 4.69) is 0 Å². The number of benzene rings is 1. The first-order valence-corrected chi connectivity index (χ1v) is 10.1. The first kappa shape index (κ1) is 19.1. The summed E-state index contributed by atoms with van der Waals surface area (Å²) in [6.07, 6.45) is 0.505. The van der Waals surface area contributed by atoms with Crippen LogP contribution in [0, 0.1) is 12.8 Å². The number of rotatable bonds is 8. The molecular formula is C14H22O6S2. The van der Waals surface area contributed by atoms with Crippen molar-refractivity contribution in [2.75, 3.05) is 12.9 Å². The first-order valence-electron chi connectivity index (χ1n) is 6.85. The maximum Gasteiger partial charge on any atom is 0.296 e. The van der Waals surface area contributed by atoms with Gasteiger partial charge < -0.3 is 0 Å². The highest BCUT2D eigenvalue weighted by Crippen LogP contribution is 2.17. The Kier molecular flexibility index (Phi) is 6.54. The molecule has 0 bridgehead atoms. The van der Waals surface area contributed by atoms with Gasteiger partial charge in [0.2, 0.25) is 0 Å². The second kappa shape index (κ2) is 7.54. The van der Waals surface area contributed by atoms with Gasteiger partial charge in [0.25, 0.3) is 20.2 Å². The third kappa shape index (κ3) is 6.43. The molecule has 1 atom stereocenters. The summed E-state index contributed by atoms with van der Waals surface area (Å²) in [6, 6.07) is 6.30. The second-order valence-corrected chi connectivity index (χ2v) is 8.68. The third-order valence-corrected chi connectivity index (χ3v) is 4.92. The summed E-state index contributed by atoms with van der Waals surface area (Å²) in [4.78, 5) is 0.0724. The van der Waals surface area contributed by atoms with Crippen LogP contribution in [0.25, 0.3) is 0 Å². The Morgan fingerprint density at radius 3 is 2.05 bits per heavy atom. The lowest BCUT2D eigenvalue weighted by Gasteiger charge is -2.19. The van der Waals surface area contributed by atoms with E-state index >= 15 is 0 Å². The van der Waals surface area contributed by atoms with Crippen molar-refractivity contribution >= 4 is 20.2 Å². The highest BCUT2D eigenvalue weighted by molar-refractivity contribution is 7.86. The van der Waals surface area contributed by atoms with Gasteiger partial charge in [-0.05, 0) is 25.0 Å². The van der Waals surface area contributed by atoms with Crippen LogP contribution in [-0.4, -0.2) is 35.8 Å². The molecule has 8 heteroatoms. The van der Waals surface area contributed by atoms with E-state index in [0.717, 1.165) is 11.8 Å². The molecule has 0 amide bonds. The summed E-state index contributed by atoms with van der Waals surface area (Å²) in [6.45, 7) is 5.30. The molecule has 0 N–H and O–H groups in total.